The van der Waals surface area contributed by atoms with Crippen molar-refractivity contribution in [2.45, 2.75) is 44.2 Å². The maximum atomic E-state index is 12.9. The minimum absolute atomic E-state index is 0.229. The predicted molar refractivity (Wildman–Crippen MR) is 141 cm³/mol. The Morgan fingerprint density at radius 1 is 1.05 bits per heavy atom. The Hall–Kier alpha value is -3.25. The fourth-order valence-corrected chi connectivity index (χ4v) is 6.78. The van der Waals surface area contributed by atoms with E-state index in [1.807, 2.05) is 17.5 Å². The van der Waals surface area contributed by atoms with Gasteiger partial charge in [-0.05, 0) is 56.2 Å². The zero-order chi connectivity index (χ0) is 25.7. The van der Waals surface area contributed by atoms with E-state index in [2.05, 4.69) is 21.3 Å². The van der Waals surface area contributed by atoms with E-state index in [0.717, 1.165) is 34.2 Å². The summed E-state index contributed by atoms with van der Waals surface area (Å²) < 4.78 is 24.4. The summed E-state index contributed by atoms with van der Waals surface area (Å²) in [5, 5.41) is 5.16. The first kappa shape index (κ1) is 24.1. The Morgan fingerprint density at radius 3 is 2.51 bits per heavy atom. The molecule has 2 bridgehead atoms. The van der Waals surface area contributed by atoms with Crippen LogP contribution in [0.2, 0.25) is 0 Å². The molecule has 0 spiro atoms. The number of thiazole rings is 1. The molecular formula is C25H28N6O4S2. The van der Waals surface area contributed by atoms with E-state index in [0.29, 0.717) is 29.8 Å². The Morgan fingerprint density at radius 2 is 1.86 bits per heavy atom. The van der Waals surface area contributed by atoms with Crippen LogP contribution in [0.25, 0.3) is 11.4 Å². The third-order valence-electron chi connectivity index (χ3n) is 7.62. The molecule has 194 valence electrons. The van der Waals surface area contributed by atoms with Crippen molar-refractivity contribution in [2.75, 3.05) is 29.6 Å². The molecule has 3 aromatic rings. The summed E-state index contributed by atoms with van der Waals surface area (Å²) in [7, 11) is -3.48. The molecule has 3 aliphatic heterocycles. The van der Waals surface area contributed by atoms with Gasteiger partial charge in [0, 0.05) is 36.9 Å². The van der Waals surface area contributed by atoms with Gasteiger partial charge in [0.2, 0.25) is 15.9 Å². The Kier molecular flexibility index (Phi) is 6.03. The molecule has 3 saturated heterocycles. The highest BCUT2D eigenvalue weighted by atomic mass is 32.2. The smallest absolute Gasteiger partial charge is 0.256 e. The number of nitrogens with one attached hydrogen (secondary N) is 1. The van der Waals surface area contributed by atoms with Crippen LogP contribution in [0, 0.1) is 5.92 Å². The summed E-state index contributed by atoms with van der Waals surface area (Å²) in [4.78, 5) is 39.1. The number of carbonyl (C=O) groups excluding carboxylic acids is 2. The van der Waals surface area contributed by atoms with Crippen molar-refractivity contribution in [3.05, 3.63) is 47.6 Å². The van der Waals surface area contributed by atoms with Crippen molar-refractivity contribution in [3.63, 3.8) is 0 Å². The molecule has 6 heterocycles. The molecule has 1 atom stereocenters. The lowest BCUT2D eigenvalue weighted by Crippen LogP contribution is -2.56. The number of rotatable bonds is 6. The highest BCUT2D eigenvalue weighted by molar-refractivity contribution is 7.89. The zero-order valence-corrected chi connectivity index (χ0v) is 22.0. The molecule has 0 radical (unpaired) electrons. The van der Waals surface area contributed by atoms with Gasteiger partial charge in [0.05, 0.1) is 17.5 Å². The first-order chi connectivity index (χ1) is 17.8. The van der Waals surface area contributed by atoms with Crippen LogP contribution in [0.15, 0.2) is 42.0 Å². The van der Waals surface area contributed by atoms with Crippen LogP contribution < -0.4 is 10.2 Å². The van der Waals surface area contributed by atoms with Gasteiger partial charge in [-0.1, -0.05) is 6.07 Å². The van der Waals surface area contributed by atoms with Gasteiger partial charge in [-0.2, -0.15) is 0 Å². The molecule has 7 rings (SSSR count). The average molecular weight is 541 g/mol. The summed E-state index contributed by atoms with van der Waals surface area (Å²) in [5.74, 6) is 1.06. The number of hydrogen-bond donors (Lipinski definition) is 1. The molecule has 4 aliphatic rings. The molecule has 0 aromatic carbocycles. The number of anilines is 2. The summed E-state index contributed by atoms with van der Waals surface area (Å²) in [6.45, 7) is 1.49. The van der Waals surface area contributed by atoms with Gasteiger partial charge in [-0.25, -0.2) is 18.4 Å². The quantitative estimate of drug-likeness (QED) is 0.511. The van der Waals surface area contributed by atoms with Crippen molar-refractivity contribution >= 4 is 44.1 Å². The normalized spacial score (nSPS) is 23.1. The van der Waals surface area contributed by atoms with Crippen LogP contribution in [-0.4, -0.2) is 70.5 Å². The topological polar surface area (TPSA) is 118 Å². The molecule has 37 heavy (non-hydrogen) atoms. The van der Waals surface area contributed by atoms with Gasteiger partial charge in [0.25, 0.3) is 5.91 Å². The van der Waals surface area contributed by atoms with E-state index >= 15 is 0 Å². The van der Waals surface area contributed by atoms with Crippen LogP contribution in [0.5, 0.6) is 0 Å². The lowest BCUT2D eigenvalue weighted by molar-refractivity contribution is -0.123. The molecule has 0 unspecified atom stereocenters. The zero-order valence-electron chi connectivity index (χ0n) is 20.4. The molecule has 1 aliphatic carbocycles. The first-order valence-corrected chi connectivity index (χ1v) is 15.2. The van der Waals surface area contributed by atoms with E-state index in [9.17, 15) is 18.0 Å². The number of likely N-dealkylation sites (tertiary alicyclic amines) is 1. The third-order valence-corrected chi connectivity index (χ3v) is 9.37. The lowest BCUT2D eigenvalue weighted by Gasteiger charge is -2.46. The highest BCUT2D eigenvalue weighted by Gasteiger charge is 2.39. The van der Waals surface area contributed by atoms with Crippen LogP contribution in [0.4, 0.5) is 10.9 Å². The highest BCUT2D eigenvalue weighted by Crippen LogP contribution is 2.37. The second-order valence-electron chi connectivity index (χ2n) is 10.0. The second-order valence-corrected chi connectivity index (χ2v) is 12.8. The Bertz CT molecular complexity index is 1460. The van der Waals surface area contributed by atoms with Crippen LogP contribution in [0.1, 0.15) is 42.5 Å². The SMILES string of the molecule is CS(=O)(=O)n1ccc(C(=O)N2CC[C@H]2C(=O)Nc2nc(-c3cccc(N4CC5CCC4CC5)n3)cs2)c1. The first-order valence-electron chi connectivity index (χ1n) is 12.5. The number of pyridine rings is 1. The van der Waals surface area contributed by atoms with Crippen molar-refractivity contribution in [2.24, 2.45) is 5.92 Å². The number of aromatic nitrogens is 3. The standard InChI is InChI=1S/C25H28N6O4S2/c1-37(34,35)29-11-9-17(14-29)24(33)30-12-10-21(30)23(32)28-25-27-20(15-36-25)19-3-2-4-22(26-19)31-13-16-5-7-18(31)8-6-16/h2-4,9,11,14-16,18,21H,5-8,10,12-13H2,1H3,(H,27,28,32)/t16?,18?,21-/m0/s1. The lowest BCUT2D eigenvalue weighted by atomic mass is 9.80. The molecule has 1 N–H and O–H groups in total. The number of amides is 2. The fourth-order valence-electron chi connectivity index (χ4n) is 5.49. The minimum Gasteiger partial charge on any atom is -0.353 e. The van der Waals surface area contributed by atoms with Gasteiger partial charge in [0.15, 0.2) is 5.13 Å². The largest absolute Gasteiger partial charge is 0.353 e. The van der Waals surface area contributed by atoms with Crippen LogP contribution in [0.3, 0.4) is 0 Å². The fraction of sp³-hybridized carbons (Fsp3) is 0.440. The summed E-state index contributed by atoms with van der Waals surface area (Å²) in [6, 6.07) is 7.38. The van der Waals surface area contributed by atoms with E-state index in [4.69, 9.17) is 4.98 Å². The van der Waals surface area contributed by atoms with Crippen molar-refractivity contribution in [1.82, 2.24) is 18.8 Å². The number of nitrogens with zero attached hydrogens (tertiary/aromatic N) is 5. The van der Waals surface area contributed by atoms with Gasteiger partial charge >= 0.3 is 0 Å². The minimum atomic E-state index is -3.48. The number of carbonyl (C=O) groups is 2. The second kappa shape index (κ2) is 9.25. The molecule has 2 amide bonds. The van der Waals surface area contributed by atoms with E-state index in [-0.39, 0.29) is 17.4 Å². The predicted octanol–water partition coefficient (Wildman–Crippen LogP) is 3.05. The Balaban J connectivity index is 1.12. The molecule has 3 aromatic heterocycles. The summed E-state index contributed by atoms with van der Waals surface area (Å²) in [5.41, 5.74) is 1.70. The molecule has 1 saturated carbocycles. The Labute approximate surface area is 219 Å². The van der Waals surface area contributed by atoms with Crippen LogP contribution >= 0.6 is 11.3 Å². The van der Waals surface area contributed by atoms with Gasteiger partial charge in [0.1, 0.15) is 17.6 Å². The maximum Gasteiger partial charge on any atom is 0.256 e. The number of piperidine rings is 2. The number of fused-ring (bicyclic) bond motifs is 3. The molecule has 10 nitrogen and oxygen atoms in total. The molecule has 12 heteroatoms. The molecule has 4 fully saturated rings. The summed E-state index contributed by atoms with van der Waals surface area (Å²) >= 11 is 1.32. The van der Waals surface area contributed by atoms with Crippen molar-refractivity contribution in [1.29, 1.82) is 0 Å². The monoisotopic (exact) mass is 540 g/mol. The van der Waals surface area contributed by atoms with Gasteiger partial charge in [-0.3, -0.25) is 13.6 Å². The average Bonchev–Trinajstić information content (AvgIpc) is 3.54. The van der Waals surface area contributed by atoms with Gasteiger partial charge in [-0.15, -0.1) is 11.3 Å². The van der Waals surface area contributed by atoms with Crippen molar-refractivity contribution in [3.8, 4) is 11.4 Å². The third kappa shape index (κ3) is 4.63. The van der Waals surface area contributed by atoms with Gasteiger partial charge < -0.3 is 15.1 Å². The van der Waals surface area contributed by atoms with Crippen molar-refractivity contribution < 1.29 is 18.0 Å². The van der Waals surface area contributed by atoms with E-state index < -0.39 is 16.1 Å². The maximum absolute atomic E-state index is 12.9. The number of hydrogen-bond acceptors (Lipinski definition) is 8. The summed E-state index contributed by atoms with van der Waals surface area (Å²) in [6.07, 6.45) is 9.28. The molecular weight excluding hydrogens is 512 g/mol. The van der Waals surface area contributed by atoms with E-state index in [1.54, 1.807) is 0 Å². The van der Waals surface area contributed by atoms with E-state index in [1.165, 1.54) is 60.4 Å². The van der Waals surface area contributed by atoms with Crippen LogP contribution in [-0.2, 0) is 14.8 Å².